The van der Waals surface area contributed by atoms with E-state index < -0.39 is 0 Å². The van der Waals surface area contributed by atoms with Gasteiger partial charge < -0.3 is 9.88 Å². The van der Waals surface area contributed by atoms with Crippen LogP contribution in [-0.2, 0) is 4.79 Å². The summed E-state index contributed by atoms with van der Waals surface area (Å²) in [5.74, 6) is 0.512. The lowest BCUT2D eigenvalue weighted by Gasteiger charge is -2.37. The van der Waals surface area contributed by atoms with E-state index in [-0.39, 0.29) is 12.0 Å². The van der Waals surface area contributed by atoms with Crippen molar-refractivity contribution < 1.29 is 4.79 Å². The molecular formula is C19H26N2O. The molecule has 0 spiro atoms. The van der Waals surface area contributed by atoms with Crippen LogP contribution in [0.1, 0.15) is 57.7 Å². The third kappa shape index (κ3) is 2.77. The van der Waals surface area contributed by atoms with E-state index in [1.165, 1.54) is 17.5 Å². The Bertz CT molecular complexity index is 609. The van der Waals surface area contributed by atoms with Crippen molar-refractivity contribution in [1.82, 2.24) is 9.88 Å². The Morgan fingerprint density at radius 1 is 1.27 bits per heavy atom. The number of benzene rings is 1. The molecule has 3 nitrogen and oxygen atoms in total. The lowest BCUT2D eigenvalue weighted by Crippen LogP contribution is -2.41. The highest BCUT2D eigenvalue weighted by Crippen LogP contribution is 2.33. The molecule has 0 bridgehead atoms. The molecule has 1 aliphatic rings. The van der Waals surface area contributed by atoms with Crippen molar-refractivity contribution in [3.8, 4) is 0 Å². The van der Waals surface area contributed by atoms with Gasteiger partial charge in [-0.3, -0.25) is 4.79 Å². The number of aromatic amines is 1. The van der Waals surface area contributed by atoms with Gasteiger partial charge in [0.05, 0.1) is 6.04 Å². The van der Waals surface area contributed by atoms with Crippen molar-refractivity contribution in [2.24, 2.45) is 5.92 Å². The summed E-state index contributed by atoms with van der Waals surface area (Å²) in [5, 5.41) is 1.23. The predicted molar refractivity (Wildman–Crippen MR) is 90.7 cm³/mol. The Hall–Kier alpha value is -1.77. The van der Waals surface area contributed by atoms with E-state index >= 15 is 0 Å². The van der Waals surface area contributed by atoms with Crippen LogP contribution in [0.4, 0.5) is 0 Å². The summed E-state index contributed by atoms with van der Waals surface area (Å²) in [5.41, 5.74) is 2.36. The van der Waals surface area contributed by atoms with Crippen LogP contribution in [0, 0.1) is 5.92 Å². The van der Waals surface area contributed by atoms with Crippen LogP contribution < -0.4 is 0 Å². The molecule has 3 rings (SSSR count). The smallest absolute Gasteiger partial charge is 0.226 e. The SMILES string of the molecule is CCC(CC)C(=O)N1CCCCC1c1cc2ccccc2[nH]1. The van der Waals surface area contributed by atoms with Crippen molar-refractivity contribution in [2.45, 2.75) is 52.0 Å². The van der Waals surface area contributed by atoms with E-state index in [1.807, 2.05) is 0 Å². The van der Waals surface area contributed by atoms with Crippen molar-refractivity contribution >= 4 is 16.8 Å². The minimum absolute atomic E-state index is 0.171. The number of amides is 1. The van der Waals surface area contributed by atoms with Gasteiger partial charge in [-0.1, -0.05) is 32.0 Å². The van der Waals surface area contributed by atoms with Crippen LogP contribution >= 0.6 is 0 Å². The van der Waals surface area contributed by atoms with Gasteiger partial charge in [-0.2, -0.15) is 0 Å². The number of aromatic nitrogens is 1. The number of para-hydroxylation sites is 1. The lowest BCUT2D eigenvalue weighted by atomic mass is 9.94. The molecule has 3 heteroatoms. The van der Waals surface area contributed by atoms with Gasteiger partial charge in [0.1, 0.15) is 0 Å². The number of hydrogen-bond acceptors (Lipinski definition) is 1. The van der Waals surface area contributed by atoms with Crippen LogP contribution in [0.15, 0.2) is 30.3 Å². The zero-order valence-corrected chi connectivity index (χ0v) is 13.6. The van der Waals surface area contributed by atoms with E-state index in [0.29, 0.717) is 5.91 Å². The summed E-state index contributed by atoms with van der Waals surface area (Å²) in [6.45, 7) is 5.14. The average molecular weight is 298 g/mol. The highest BCUT2D eigenvalue weighted by atomic mass is 16.2. The molecule has 0 aliphatic carbocycles. The third-order valence-corrected chi connectivity index (χ3v) is 5.03. The first-order valence-corrected chi connectivity index (χ1v) is 8.62. The second-order valence-electron chi connectivity index (χ2n) is 6.37. The Morgan fingerprint density at radius 2 is 2.05 bits per heavy atom. The fourth-order valence-corrected chi connectivity index (χ4v) is 3.67. The molecule has 1 saturated heterocycles. The van der Waals surface area contributed by atoms with E-state index in [0.717, 1.165) is 37.7 Å². The molecule has 22 heavy (non-hydrogen) atoms. The number of H-pyrrole nitrogens is 1. The fraction of sp³-hybridized carbons (Fsp3) is 0.526. The van der Waals surface area contributed by atoms with Crippen LogP contribution in [-0.4, -0.2) is 22.3 Å². The predicted octanol–water partition coefficient (Wildman–Crippen LogP) is 4.66. The Morgan fingerprint density at radius 3 is 2.77 bits per heavy atom. The Labute approximate surface area is 132 Å². The summed E-state index contributed by atoms with van der Waals surface area (Å²) < 4.78 is 0. The summed E-state index contributed by atoms with van der Waals surface area (Å²) in [6.07, 6.45) is 5.27. The van der Waals surface area contributed by atoms with Crippen molar-refractivity contribution in [2.75, 3.05) is 6.54 Å². The summed E-state index contributed by atoms with van der Waals surface area (Å²) in [7, 11) is 0. The van der Waals surface area contributed by atoms with Crippen LogP contribution in [0.2, 0.25) is 0 Å². The number of likely N-dealkylation sites (tertiary alicyclic amines) is 1. The molecule has 0 saturated carbocycles. The zero-order chi connectivity index (χ0) is 15.5. The lowest BCUT2D eigenvalue weighted by molar-refractivity contribution is -0.139. The molecule has 0 radical (unpaired) electrons. The largest absolute Gasteiger partial charge is 0.357 e. The number of carbonyl (C=O) groups excluding carboxylic acids is 1. The number of carbonyl (C=O) groups is 1. The quantitative estimate of drug-likeness (QED) is 0.875. The third-order valence-electron chi connectivity index (χ3n) is 5.03. The standard InChI is InChI=1S/C19H26N2O/c1-3-14(4-2)19(22)21-12-8-7-11-18(21)17-13-15-9-5-6-10-16(15)20-17/h5-6,9-10,13-14,18,20H,3-4,7-8,11-12H2,1-2H3. The topological polar surface area (TPSA) is 36.1 Å². The molecule has 1 amide bonds. The van der Waals surface area contributed by atoms with Crippen molar-refractivity contribution in [3.63, 3.8) is 0 Å². The molecule has 118 valence electrons. The van der Waals surface area contributed by atoms with Gasteiger partial charge in [0, 0.05) is 23.7 Å². The second-order valence-corrected chi connectivity index (χ2v) is 6.37. The minimum atomic E-state index is 0.171. The van der Waals surface area contributed by atoms with Crippen molar-refractivity contribution in [3.05, 3.63) is 36.0 Å². The number of rotatable bonds is 4. The number of nitrogens with one attached hydrogen (secondary N) is 1. The van der Waals surface area contributed by atoms with Gasteiger partial charge in [0.25, 0.3) is 0 Å². The average Bonchev–Trinajstić information content (AvgIpc) is 2.99. The molecule has 1 aromatic heterocycles. The van der Waals surface area contributed by atoms with Gasteiger partial charge in [-0.15, -0.1) is 0 Å². The summed E-state index contributed by atoms with van der Waals surface area (Å²) in [4.78, 5) is 18.5. The van der Waals surface area contributed by atoms with Crippen LogP contribution in [0.5, 0.6) is 0 Å². The number of fused-ring (bicyclic) bond motifs is 1. The maximum atomic E-state index is 12.9. The highest BCUT2D eigenvalue weighted by Gasteiger charge is 2.31. The van der Waals surface area contributed by atoms with Gasteiger partial charge >= 0.3 is 0 Å². The normalized spacial score (nSPS) is 19.0. The minimum Gasteiger partial charge on any atom is -0.357 e. The Kier molecular flexibility index (Phi) is 4.51. The molecule has 1 fully saturated rings. The zero-order valence-electron chi connectivity index (χ0n) is 13.6. The van der Waals surface area contributed by atoms with E-state index in [4.69, 9.17) is 0 Å². The van der Waals surface area contributed by atoms with Gasteiger partial charge in [0.15, 0.2) is 0 Å². The first kappa shape index (κ1) is 15.1. The molecule has 2 aromatic rings. The maximum absolute atomic E-state index is 12.9. The highest BCUT2D eigenvalue weighted by molar-refractivity contribution is 5.82. The van der Waals surface area contributed by atoms with Crippen LogP contribution in [0.25, 0.3) is 10.9 Å². The molecule has 1 aliphatic heterocycles. The Balaban J connectivity index is 1.90. The summed E-state index contributed by atoms with van der Waals surface area (Å²) in [6, 6.07) is 10.8. The van der Waals surface area contributed by atoms with Gasteiger partial charge in [-0.05, 0) is 49.6 Å². The van der Waals surface area contributed by atoms with Gasteiger partial charge in [0.2, 0.25) is 5.91 Å². The first-order valence-electron chi connectivity index (χ1n) is 8.62. The number of hydrogen-bond donors (Lipinski definition) is 1. The van der Waals surface area contributed by atoms with Crippen LogP contribution in [0.3, 0.4) is 0 Å². The summed E-state index contributed by atoms with van der Waals surface area (Å²) >= 11 is 0. The molecule has 2 heterocycles. The van der Waals surface area contributed by atoms with E-state index in [1.54, 1.807) is 0 Å². The van der Waals surface area contributed by atoms with E-state index in [9.17, 15) is 4.79 Å². The number of nitrogens with zero attached hydrogens (tertiary/aromatic N) is 1. The molecular weight excluding hydrogens is 272 g/mol. The molecule has 1 N–H and O–H groups in total. The fourth-order valence-electron chi connectivity index (χ4n) is 3.67. The number of piperidine rings is 1. The molecule has 1 atom stereocenters. The first-order chi connectivity index (χ1) is 10.7. The van der Waals surface area contributed by atoms with Gasteiger partial charge in [-0.25, -0.2) is 0 Å². The molecule has 1 aromatic carbocycles. The molecule has 1 unspecified atom stereocenters. The second kappa shape index (κ2) is 6.55. The van der Waals surface area contributed by atoms with Crippen molar-refractivity contribution in [1.29, 1.82) is 0 Å². The monoisotopic (exact) mass is 298 g/mol. The maximum Gasteiger partial charge on any atom is 0.226 e. The van der Waals surface area contributed by atoms with E-state index in [2.05, 4.69) is 54.1 Å².